The van der Waals surface area contributed by atoms with E-state index in [0.717, 1.165) is 0 Å². The van der Waals surface area contributed by atoms with Crippen LogP contribution in [-0.4, -0.2) is 0 Å². The zero-order valence-electron chi connectivity index (χ0n) is 1.39. The quantitative estimate of drug-likeness (QED) is 0.354. The van der Waals surface area contributed by atoms with Crippen LogP contribution < -0.4 is 0 Å². The standard InChI is InChI=1S/CN.CH4.Nb/c1-2;;/h;1H4;/q-1;;. The monoisotopic (exact) mass is 135 g/mol. The van der Waals surface area contributed by atoms with E-state index in [1.807, 2.05) is 0 Å². The van der Waals surface area contributed by atoms with Crippen molar-refractivity contribution in [2.45, 2.75) is 7.43 Å². The summed E-state index contributed by atoms with van der Waals surface area (Å²) in [7, 11) is 0. The van der Waals surface area contributed by atoms with Crippen molar-refractivity contribution >= 4 is 0 Å². The Morgan fingerprint density at radius 2 is 1.25 bits per heavy atom. The van der Waals surface area contributed by atoms with Gasteiger partial charge in [-0.05, 0) is 0 Å². The van der Waals surface area contributed by atoms with E-state index >= 15 is 0 Å². The van der Waals surface area contributed by atoms with Gasteiger partial charge in [0.15, 0.2) is 0 Å². The fourth-order valence-electron chi connectivity index (χ4n) is 0. The molecule has 0 rings (SSSR count). The average Bonchev–Trinajstić information content (AvgIpc) is 1.00. The minimum Gasteiger partial charge on any atom is -0.512 e. The Bertz CT molecular complexity index is 10.8. The van der Waals surface area contributed by atoms with Gasteiger partial charge in [-0.1, -0.05) is 7.43 Å². The van der Waals surface area contributed by atoms with Crippen LogP contribution in [0.1, 0.15) is 7.43 Å². The Labute approximate surface area is 42.1 Å². The van der Waals surface area contributed by atoms with Crippen LogP contribution in [0, 0.1) is 11.8 Å². The third-order valence-corrected chi connectivity index (χ3v) is 0. The van der Waals surface area contributed by atoms with Crippen LogP contribution in [0.15, 0.2) is 0 Å². The van der Waals surface area contributed by atoms with Crippen molar-refractivity contribution in [3.05, 3.63) is 6.57 Å². The first-order valence-corrected chi connectivity index (χ1v) is 0.224. The van der Waals surface area contributed by atoms with E-state index in [2.05, 4.69) is 0 Å². The van der Waals surface area contributed by atoms with Gasteiger partial charge in [-0.15, -0.1) is 0 Å². The molecule has 0 unspecified atom stereocenters. The molecule has 0 fully saturated rings. The van der Waals surface area contributed by atoms with E-state index in [1.54, 1.807) is 0 Å². The van der Waals surface area contributed by atoms with Crippen LogP contribution in [0.5, 0.6) is 0 Å². The molecule has 0 aromatic rings. The number of hydrogen-bond donors (Lipinski definition) is 0. The minimum absolute atomic E-state index is 0. The predicted molar refractivity (Wildman–Crippen MR) is 11.7 cm³/mol. The second kappa shape index (κ2) is 303. The van der Waals surface area contributed by atoms with Crippen molar-refractivity contribution in [2.75, 3.05) is 0 Å². The summed E-state index contributed by atoms with van der Waals surface area (Å²) in [6.45, 7) is 4.75. The largest absolute Gasteiger partial charge is 0.512 e. The number of hydrogen-bond acceptors (Lipinski definition) is 1. The summed E-state index contributed by atoms with van der Waals surface area (Å²) in [5, 5.41) is 6.25. The number of nitrogens with zero attached hydrogens (tertiary/aromatic N) is 1. The zero-order valence-corrected chi connectivity index (χ0v) is 3.59. The molecular weight excluding hydrogens is 131 g/mol. The second-order valence-electron chi connectivity index (χ2n) is 0. The molecule has 1 nitrogen and oxygen atoms in total. The van der Waals surface area contributed by atoms with Crippen LogP contribution in [0.25, 0.3) is 0 Å². The summed E-state index contributed by atoms with van der Waals surface area (Å²) in [5.41, 5.74) is 0. The Balaban J connectivity index is -0.00000000500. The van der Waals surface area contributed by atoms with Gasteiger partial charge in [-0.3, -0.25) is 0 Å². The molecular formula is C2H4NNb-. The first-order chi connectivity index (χ1) is 1.00. The fraction of sp³-hybridized carbons (Fsp3) is 0.500. The molecule has 23 valence electrons. The summed E-state index contributed by atoms with van der Waals surface area (Å²) in [4.78, 5) is 0. The molecule has 0 atom stereocenters. The van der Waals surface area contributed by atoms with Crippen LogP contribution in [0.3, 0.4) is 0 Å². The number of rotatable bonds is 0. The molecule has 2 heteroatoms. The van der Waals surface area contributed by atoms with Gasteiger partial charge in [0.05, 0.1) is 0 Å². The Kier molecular flexibility index (Phi) is 2210. The minimum atomic E-state index is 0. The molecule has 0 amide bonds. The molecule has 1 radical (unpaired) electrons. The van der Waals surface area contributed by atoms with Crippen molar-refractivity contribution in [2.24, 2.45) is 0 Å². The van der Waals surface area contributed by atoms with Crippen molar-refractivity contribution in [3.8, 4) is 0 Å². The van der Waals surface area contributed by atoms with Gasteiger partial charge < -0.3 is 11.8 Å². The maximum atomic E-state index is 6.25. The Morgan fingerprint density at radius 1 is 1.25 bits per heavy atom. The van der Waals surface area contributed by atoms with Crippen LogP contribution in [-0.2, 0) is 22.4 Å². The summed E-state index contributed by atoms with van der Waals surface area (Å²) >= 11 is 0. The van der Waals surface area contributed by atoms with Crippen molar-refractivity contribution < 1.29 is 22.4 Å². The normalized spacial score (nSPS) is 0.500. The van der Waals surface area contributed by atoms with Gasteiger partial charge in [-0.25, -0.2) is 0 Å². The molecule has 0 aliphatic heterocycles. The Hall–Kier alpha value is 0.230. The molecule has 0 N–H and O–H groups in total. The first-order valence-electron chi connectivity index (χ1n) is 0.224. The first kappa shape index (κ1) is 29.2. The Morgan fingerprint density at radius 3 is 1.25 bits per heavy atom. The summed E-state index contributed by atoms with van der Waals surface area (Å²) in [6.07, 6.45) is 0. The molecule has 0 saturated heterocycles. The van der Waals surface area contributed by atoms with E-state index in [1.165, 1.54) is 0 Å². The summed E-state index contributed by atoms with van der Waals surface area (Å²) < 4.78 is 0. The molecule has 4 heavy (non-hydrogen) atoms. The fourth-order valence-corrected chi connectivity index (χ4v) is 0. The maximum absolute atomic E-state index is 6.25. The van der Waals surface area contributed by atoms with E-state index in [0.29, 0.717) is 0 Å². The van der Waals surface area contributed by atoms with Crippen molar-refractivity contribution in [1.29, 1.82) is 5.26 Å². The molecule has 0 aromatic heterocycles. The van der Waals surface area contributed by atoms with Crippen LogP contribution in [0.4, 0.5) is 0 Å². The molecule has 0 saturated carbocycles. The third-order valence-electron chi connectivity index (χ3n) is 0. The van der Waals surface area contributed by atoms with Crippen LogP contribution >= 0.6 is 0 Å². The molecule has 0 aliphatic rings. The van der Waals surface area contributed by atoms with Crippen LogP contribution in [0.2, 0.25) is 0 Å². The third kappa shape index (κ3) is 63.7. The molecule has 0 aliphatic carbocycles. The van der Waals surface area contributed by atoms with Crippen molar-refractivity contribution in [3.63, 3.8) is 0 Å². The summed E-state index contributed by atoms with van der Waals surface area (Å²) in [6, 6.07) is 0. The molecule has 0 spiro atoms. The molecule has 0 bridgehead atoms. The van der Waals surface area contributed by atoms with Gasteiger partial charge in [0.1, 0.15) is 0 Å². The van der Waals surface area contributed by atoms with E-state index in [4.69, 9.17) is 11.8 Å². The van der Waals surface area contributed by atoms with Gasteiger partial charge in [0, 0.05) is 22.4 Å². The van der Waals surface area contributed by atoms with Gasteiger partial charge >= 0.3 is 0 Å². The van der Waals surface area contributed by atoms with Crippen molar-refractivity contribution in [1.82, 2.24) is 0 Å². The van der Waals surface area contributed by atoms with E-state index in [9.17, 15) is 0 Å². The average molecular weight is 135 g/mol. The van der Waals surface area contributed by atoms with E-state index in [-0.39, 0.29) is 29.8 Å². The predicted octanol–water partition coefficient (Wildman–Crippen LogP) is 0.730. The van der Waals surface area contributed by atoms with Gasteiger partial charge in [0.2, 0.25) is 0 Å². The smallest absolute Gasteiger partial charge is 0 e. The topological polar surface area (TPSA) is 23.8 Å². The van der Waals surface area contributed by atoms with Gasteiger partial charge in [-0.2, -0.15) is 0 Å². The maximum Gasteiger partial charge on any atom is 0 e. The SMILES string of the molecule is C.[C-]#N.[Nb]. The van der Waals surface area contributed by atoms with Gasteiger partial charge in [0.25, 0.3) is 0 Å². The molecule has 0 heterocycles. The zero-order chi connectivity index (χ0) is 2.00. The molecule has 0 aromatic carbocycles. The summed E-state index contributed by atoms with van der Waals surface area (Å²) in [5.74, 6) is 0. The second-order valence-corrected chi connectivity index (χ2v) is 0. The van der Waals surface area contributed by atoms with E-state index < -0.39 is 0 Å².